The number of aromatic amines is 1. The SMILES string of the molecule is Cc1nc(C(=O)NC2CCC(C(=O)O)C2)n[nH]1. The molecule has 1 heterocycles. The van der Waals surface area contributed by atoms with Crippen molar-refractivity contribution >= 4 is 11.9 Å². The molecule has 7 nitrogen and oxygen atoms in total. The van der Waals surface area contributed by atoms with E-state index in [-0.39, 0.29) is 23.7 Å². The van der Waals surface area contributed by atoms with Gasteiger partial charge in [0.2, 0.25) is 5.82 Å². The van der Waals surface area contributed by atoms with E-state index < -0.39 is 5.97 Å². The van der Waals surface area contributed by atoms with Gasteiger partial charge in [-0.2, -0.15) is 0 Å². The molecule has 1 fully saturated rings. The van der Waals surface area contributed by atoms with Crippen LogP contribution in [0.2, 0.25) is 0 Å². The number of nitrogens with one attached hydrogen (secondary N) is 2. The number of hydrogen-bond acceptors (Lipinski definition) is 4. The van der Waals surface area contributed by atoms with Crippen molar-refractivity contribution in [3.05, 3.63) is 11.6 Å². The van der Waals surface area contributed by atoms with E-state index in [1.54, 1.807) is 6.92 Å². The maximum atomic E-state index is 11.7. The molecule has 2 atom stereocenters. The molecule has 1 saturated carbocycles. The van der Waals surface area contributed by atoms with Crippen LogP contribution in [-0.2, 0) is 4.79 Å². The maximum absolute atomic E-state index is 11.7. The van der Waals surface area contributed by atoms with Crippen LogP contribution >= 0.6 is 0 Å². The lowest BCUT2D eigenvalue weighted by Gasteiger charge is -2.10. The number of nitrogens with zero attached hydrogens (tertiary/aromatic N) is 2. The monoisotopic (exact) mass is 238 g/mol. The van der Waals surface area contributed by atoms with Gasteiger partial charge in [0.05, 0.1) is 5.92 Å². The van der Waals surface area contributed by atoms with E-state index in [9.17, 15) is 9.59 Å². The highest BCUT2D eigenvalue weighted by atomic mass is 16.4. The van der Waals surface area contributed by atoms with Gasteiger partial charge in [-0.05, 0) is 26.2 Å². The summed E-state index contributed by atoms with van der Waals surface area (Å²) < 4.78 is 0. The Bertz CT molecular complexity index is 443. The zero-order valence-corrected chi connectivity index (χ0v) is 9.43. The summed E-state index contributed by atoms with van der Waals surface area (Å²) in [7, 11) is 0. The summed E-state index contributed by atoms with van der Waals surface area (Å²) >= 11 is 0. The molecule has 17 heavy (non-hydrogen) atoms. The zero-order valence-electron chi connectivity index (χ0n) is 9.43. The molecule has 2 rings (SSSR count). The Morgan fingerprint density at radius 1 is 1.47 bits per heavy atom. The van der Waals surface area contributed by atoms with Crippen LogP contribution < -0.4 is 5.32 Å². The molecule has 92 valence electrons. The Balaban J connectivity index is 1.90. The van der Waals surface area contributed by atoms with Crippen LogP contribution in [-0.4, -0.2) is 38.2 Å². The lowest BCUT2D eigenvalue weighted by atomic mass is 10.1. The molecule has 3 N–H and O–H groups in total. The maximum Gasteiger partial charge on any atom is 0.306 e. The lowest BCUT2D eigenvalue weighted by Crippen LogP contribution is -2.34. The lowest BCUT2D eigenvalue weighted by molar-refractivity contribution is -0.141. The smallest absolute Gasteiger partial charge is 0.306 e. The molecule has 0 radical (unpaired) electrons. The Morgan fingerprint density at radius 2 is 2.24 bits per heavy atom. The van der Waals surface area contributed by atoms with Gasteiger partial charge in [-0.3, -0.25) is 14.7 Å². The van der Waals surface area contributed by atoms with Crippen LogP contribution in [0.4, 0.5) is 0 Å². The summed E-state index contributed by atoms with van der Waals surface area (Å²) in [6, 6.07) is -0.0950. The predicted molar refractivity (Wildman–Crippen MR) is 57.4 cm³/mol. The fourth-order valence-corrected chi connectivity index (χ4v) is 2.03. The van der Waals surface area contributed by atoms with Crippen LogP contribution in [0.3, 0.4) is 0 Å². The Morgan fingerprint density at radius 3 is 2.76 bits per heavy atom. The average molecular weight is 238 g/mol. The number of aryl methyl sites for hydroxylation is 1. The average Bonchev–Trinajstić information content (AvgIpc) is 2.86. The van der Waals surface area contributed by atoms with E-state index in [4.69, 9.17) is 5.11 Å². The van der Waals surface area contributed by atoms with E-state index in [0.717, 1.165) is 0 Å². The molecule has 1 aromatic rings. The van der Waals surface area contributed by atoms with E-state index in [2.05, 4.69) is 20.5 Å². The molecular weight excluding hydrogens is 224 g/mol. The third-order valence-corrected chi connectivity index (χ3v) is 2.92. The van der Waals surface area contributed by atoms with E-state index in [0.29, 0.717) is 25.1 Å². The first-order valence-corrected chi connectivity index (χ1v) is 5.49. The number of H-pyrrole nitrogens is 1. The van der Waals surface area contributed by atoms with Crippen molar-refractivity contribution < 1.29 is 14.7 Å². The number of carbonyl (C=O) groups excluding carboxylic acids is 1. The van der Waals surface area contributed by atoms with Gasteiger partial charge < -0.3 is 10.4 Å². The minimum Gasteiger partial charge on any atom is -0.481 e. The number of carboxylic acids is 1. The van der Waals surface area contributed by atoms with Gasteiger partial charge >= 0.3 is 5.97 Å². The number of rotatable bonds is 3. The van der Waals surface area contributed by atoms with Crippen molar-refractivity contribution in [3.8, 4) is 0 Å². The molecule has 1 amide bonds. The van der Waals surface area contributed by atoms with Gasteiger partial charge in [-0.15, -0.1) is 5.10 Å². The molecule has 0 aromatic carbocycles. The zero-order chi connectivity index (χ0) is 12.4. The molecule has 0 spiro atoms. The first kappa shape index (κ1) is 11.6. The predicted octanol–water partition coefficient (Wildman–Crippen LogP) is 0.0962. The summed E-state index contributed by atoms with van der Waals surface area (Å²) in [5.41, 5.74) is 0. The second kappa shape index (κ2) is 4.52. The molecule has 7 heteroatoms. The highest BCUT2D eigenvalue weighted by Crippen LogP contribution is 2.25. The molecule has 0 saturated heterocycles. The highest BCUT2D eigenvalue weighted by molar-refractivity contribution is 5.90. The summed E-state index contributed by atoms with van der Waals surface area (Å²) in [5, 5.41) is 17.9. The number of carbonyl (C=O) groups is 2. The minimum absolute atomic E-state index is 0.0950. The Kier molecular flexibility index (Phi) is 3.08. The van der Waals surface area contributed by atoms with Crippen LogP contribution in [0.5, 0.6) is 0 Å². The fraction of sp³-hybridized carbons (Fsp3) is 0.600. The van der Waals surface area contributed by atoms with Crippen LogP contribution in [0.25, 0.3) is 0 Å². The van der Waals surface area contributed by atoms with E-state index in [1.807, 2.05) is 0 Å². The van der Waals surface area contributed by atoms with Crippen molar-refractivity contribution in [2.75, 3.05) is 0 Å². The molecule has 2 unspecified atom stereocenters. The minimum atomic E-state index is -0.796. The van der Waals surface area contributed by atoms with Crippen molar-refractivity contribution in [3.63, 3.8) is 0 Å². The van der Waals surface area contributed by atoms with Crippen molar-refractivity contribution in [1.29, 1.82) is 0 Å². The highest BCUT2D eigenvalue weighted by Gasteiger charge is 2.31. The van der Waals surface area contributed by atoms with Crippen molar-refractivity contribution in [2.24, 2.45) is 5.92 Å². The second-order valence-electron chi connectivity index (χ2n) is 4.26. The fourth-order valence-electron chi connectivity index (χ4n) is 2.03. The summed E-state index contributed by atoms with van der Waals surface area (Å²) in [6.45, 7) is 1.71. The summed E-state index contributed by atoms with van der Waals surface area (Å²) in [5.74, 6) is -0.832. The first-order chi connectivity index (χ1) is 8.06. The number of aromatic nitrogens is 3. The third-order valence-electron chi connectivity index (χ3n) is 2.92. The first-order valence-electron chi connectivity index (χ1n) is 5.49. The molecule has 0 aliphatic heterocycles. The number of aliphatic carboxylic acids is 1. The summed E-state index contributed by atoms with van der Waals surface area (Å²) in [4.78, 5) is 26.4. The summed E-state index contributed by atoms with van der Waals surface area (Å²) in [6.07, 6.45) is 1.77. The van der Waals surface area contributed by atoms with E-state index >= 15 is 0 Å². The normalized spacial score (nSPS) is 23.6. The Labute approximate surface area is 97.6 Å². The van der Waals surface area contributed by atoms with Gasteiger partial charge in [0.25, 0.3) is 5.91 Å². The number of amides is 1. The van der Waals surface area contributed by atoms with Crippen LogP contribution in [0.1, 0.15) is 35.7 Å². The van der Waals surface area contributed by atoms with Gasteiger partial charge in [-0.1, -0.05) is 0 Å². The third kappa shape index (κ3) is 2.61. The molecule has 1 aliphatic rings. The van der Waals surface area contributed by atoms with Gasteiger partial charge in [0.1, 0.15) is 5.82 Å². The van der Waals surface area contributed by atoms with Gasteiger partial charge in [0, 0.05) is 6.04 Å². The van der Waals surface area contributed by atoms with Crippen molar-refractivity contribution in [2.45, 2.75) is 32.2 Å². The van der Waals surface area contributed by atoms with Crippen LogP contribution in [0, 0.1) is 12.8 Å². The molecule has 1 aliphatic carbocycles. The largest absolute Gasteiger partial charge is 0.481 e. The molecular formula is C10H14N4O3. The molecule has 0 bridgehead atoms. The second-order valence-corrected chi connectivity index (χ2v) is 4.26. The quantitative estimate of drug-likeness (QED) is 0.692. The number of carboxylic acid groups (broad SMARTS) is 1. The molecule has 1 aromatic heterocycles. The topological polar surface area (TPSA) is 108 Å². The van der Waals surface area contributed by atoms with Gasteiger partial charge in [0.15, 0.2) is 0 Å². The van der Waals surface area contributed by atoms with E-state index in [1.165, 1.54) is 0 Å². The van der Waals surface area contributed by atoms with Crippen molar-refractivity contribution in [1.82, 2.24) is 20.5 Å². The standard InChI is InChI=1S/C10H14N4O3/c1-5-11-8(14-13-5)9(15)12-7-3-2-6(4-7)10(16)17/h6-7H,2-4H2,1H3,(H,12,15)(H,16,17)(H,11,13,14). The number of hydrogen-bond donors (Lipinski definition) is 3. The van der Waals surface area contributed by atoms with Crippen LogP contribution in [0.15, 0.2) is 0 Å². The van der Waals surface area contributed by atoms with Gasteiger partial charge in [-0.25, -0.2) is 4.98 Å². The Hall–Kier alpha value is -1.92.